The van der Waals surface area contributed by atoms with Crippen LogP contribution in [0.15, 0.2) is 41.5 Å². The van der Waals surface area contributed by atoms with Crippen LogP contribution >= 0.6 is 0 Å². The van der Waals surface area contributed by atoms with E-state index in [4.69, 9.17) is 5.84 Å². The standard InChI is InChI=1S/C12H11F3N4O/c13-12(14,15)9-1-2-11(20)19(7-9)6-8-3-4-17-10(5-8)18-16/h1-5,7H,6,16H2,(H,17,18). The summed E-state index contributed by atoms with van der Waals surface area (Å²) in [4.78, 5) is 15.5. The van der Waals surface area contributed by atoms with Crippen molar-refractivity contribution in [3.05, 3.63) is 58.1 Å². The molecule has 0 bridgehead atoms. The van der Waals surface area contributed by atoms with Crippen molar-refractivity contribution >= 4 is 5.82 Å². The molecule has 0 atom stereocenters. The minimum absolute atomic E-state index is 0.0000463. The van der Waals surface area contributed by atoms with Crippen LogP contribution in [0.25, 0.3) is 0 Å². The molecule has 0 spiro atoms. The molecular weight excluding hydrogens is 273 g/mol. The monoisotopic (exact) mass is 284 g/mol. The topological polar surface area (TPSA) is 72.9 Å². The highest BCUT2D eigenvalue weighted by molar-refractivity contribution is 5.36. The van der Waals surface area contributed by atoms with Crippen molar-refractivity contribution in [2.75, 3.05) is 5.43 Å². The first kappa shape index (κ1) is 14.1. The first-order valence-corrected chi connectivity index (χ1v) is 5.59. The molecule has 106 valence electrons. The molecule has 0 fully saturated rings. The normalized spacial score (nSPS) is 11.4. The molecule has 0 aliphatic rings. The van der Waals surface area contributed by atoms with Crippen molar-refractivity contribution in [3.63, 3.8) is 0 Å². The Kier molecular flexibility index (Phi) is 3.75. The second kappa shape index (κ2) is 5.33. The molecular formula is C12H11F3N4O. The molecule has 2 aromatic heterocycles. The van der Waals surface area contributed by atoms with Crippen LogP contribution in [0.2, 0.25) is 0 Å². The van der Waals surface area contributed by atoms with E-state index in [1.807, 2.05) is 0 Å². The highest BCUT2D eigenvalue weighted by Crippen LogP contribution is 2.28. The van der Waals surface area contributed by atoms with Crippen LogP contribution in [0, 0.1) is 0 Å². The quantitative estimate of drug-likeness (QED) is 0.663. The first-order valence-electron chi connectivity index (χ1n) is 5.59. The van der Waals surface area contributed by atoms with Gasteiger partial charge in [0.05, 0.1) is 12.1 Å². The van der Waals surface area contributed by atoms with Crippen molar-refractivity contribution in [1.29, 1.82) is 0 Å². The molecule has 0 unspecified atom stereocenters. The van der Waals surface area contributed by atoms with E-state index in [9.17, 15) is 18.0 Å². The van der Waals surface area contributed by atoms with Gasteiger partial charge in [0.1, 0.15) is 5.82 Å². The van der Waals surface area contributed by atoms with Crippen LogP contribution < -0.4 is 16.8 Å². The highest BCUT2D eigenvalue weighted by atomic mass is 19.4. The summed E-state index contributed by atoms with van der Waals surface area (Å²) in [7, 11) is 0. The third-order valence-corrected chi connectivity index (χ3v) is 2.64. The van der Waals surface area contributed by atoms with Crippen molar-refractivity contribution < 1.29 is 13.2 Å². The van der Waals surface area contributed by atoms with Gasteiger partial charge in [-0.15, -0.1) is 0 Å². The minimum Gasteiger partial charge on any atom is -0.311 e. The predicted octanol–water partition coefficient (Wildman–Crippen LogP) is 1.60. The van der Waals surface area contributed by atoms with Crippen LogP contribution in [0.4, 0.5) is 19.0 Å². The summed E-state index contributed by atoms with van der Waals surface area (Å²) in [5.41, 5.74) is 1.54. The molecule has 20 heavy (non-hydrogen) atoms. The van der Waals surface area contributed by atoms with Gasteiger partial charge in [0.2, 0.25) is 0 Å². The second-order valence-corrected chi connectivity index (χ2v) is 4.08. The van der Waals surface area contributed by atoms with E-state index in [1.54, 1.807) is 12.1 Å². The second-order valence-electron chi connectivity index (χ2n) is 4.08. The smallest absolute Gasteiger partial charge is 0.311 e. The van der Waals surface area contributed by atoms with E-state index in [0.29, 0.717) is 11.4 Å². The summed E-state index contributed by atoms with van der Waals surface area (Å²) in [5.74, 6) is 5.56. The van der Waals surface area contributed by atoms with Gasteiger partial charge in [-0.1, -0.05) is 0 Å². The van der Waals surface area contributed by atoms with Gasteiger partial charge in [-0.2, -0.15) is 13.2 Å². The largest absolute Gasteiger partial charge is 0.417 e. The number of halogens is 3. The number of nitrogens with one attached hydrogen (secondary N) is 1. The number of anilines is 1. The number of pyridine rings is 2. The number of nitrogens with zero attached hydrogens (tertiary/aromatic N) is 2. The maximum atomic E-state index is 12.6. The fourth-order valence-corrected chi connectivity index (χ4v) is 1.67. The van der Waals surface area contributed by atoms with Gasteiger partial charge in [0.15, 0.2) is 0 Å². The van der Waals surface area contributed by atoms with Crippen LogP contribution in [-0.4, -0.2) is 9.55 Å². The van der Waals surface area contributed by atoms with E-state index in [-0.39, 0.29) is 6.54 Å². The number of nitrogen functional groups attached to an aromatic ring is 1. The van der Waals surface area contributed by atoms with Gasteiger partial charge in [-0.3, -0.25) is 4.79 Å². The summed E-state index contributed by atoms with van der Waals surface area (Å²) in [6, 6.07) is 4.80. The SMILES string of the molecule is NNc1cc(Cn2cc(C(F)(F)F)ccc2=O)ccn1. The molecule has 0 aliphatic heterocycles. The third kappa shape index (κ3) is 3.15. The molecule has 0 saturated heterocycles. The lowest BCUT2D eigenvalue weighted by Crippen LogP contribution is -2.22. The van der Waals surface area contributed by atoms with Gasteiger partial charge in [0.25, 0.3) is 5.56 Å². The third-order valence-electron chi connectivity index (χ3n) is 2.64. The van der Waals surface area contributed by atoms with Gasteiger partial charge in [-0.25, -0.2) is 10.8 Å². The molecule has 2 aromatic rings. The van der Waals surface area contributed by atoms with E-state index in [2.05, 4.69) is 10.4 Å². The van der Waals surface area contributed by atoms with Crippen LogP contribution in [-0.2, 0) is 12.7 Å². The zero-order chi connectivity index (χ0) is 14.8. The lowest BCUT2D eigenvalue weighted by Gasteiger charge is -2.11. The zero-order valence-electron chi connectivity index (χ0n) is 10.2. The Bertz CT molecular complexity index is 666. The van der Waals surface area contributed by atoms with Crippen LogP contribution in [0.5, 0.6) is 0 Å². The lowest BCUT2D eigenvalue weighted by atomic mass is 10.2. The molecule has 0 aliphatic carbocycles. The Hall–Kier alpha value is -2.35. The van der Waals surface area contributed by atoms with Crippen molar-refractivity contribution in [2.24, 2.45) is 5.84 Å². The number of hydrazine groups is 1. The van der Waals surface area contributed by atoms with Crippen molar-refractivity contribution in [2.45, 2.75) is 12.7 Å². The molecule has 3 N–H and O–H groups in total. The van der Waals surface area contributed by atoms with Crippen molar-refractivity contribution in [3.8, 4) is 0 Å². The Labute approximate surface area is 111 Å². The van der Waals surface area contributed by atoms with E-state index >= 15 is 0 Å². The molecule has 8 heteroatoms. The van der Waals surface area contributed by atoms with Gasteiger partial charge in [0, 0.05) is 18.5 Å². The Morgan fingerprint density at radius 2 is 2.05 bits per heavy atom. The molecule has 2 heterocycles. The Morgan fingerprint density at radius 1 is 1.30 bits per heavy atom. The maximum Gasteiger partial charge on any atom is 0.417 e. The van der Waals surface area contributed by atoms with Gasteiger partial charge in [-0.05, 0) is 23.8 Å². The van der Waals surface area contributed by atoms with Crippen LogP contribution in [0.1, 0.15) is 11.1 Å². The minimum atomic E-state index is -4.49. The van der Waals surface area contributed by atoms with Crippen molar-refractivity contribution in [1.82, 2.24) is 9.55 Å². The molecule has 0 amide bonds. The van der Waals surface area contributed by atoms with Crippen LogP contribution in [0.3, 0.4) is 0 Å². The average Bonchev–Trinajstić information content (AvgIpc) is 2.40. The fraction of sp³-hybridized carbons (Fsp3) is 0.167. The van der Waals surface area contributed by atoms with E-state index < -0.39 is 17.3 Å². The molecule has 0 radical (unpaired) electrons. The summed E-state index contributed by atoms with van der Waals surface area (Å²) >= 11 is 0. The summed E-state index contributed by atoms with van der Waals surface area (Å²) in [6.45, 7) is -0.0000463. The molecule has 0 saturated carbocycles. The summed E-state index contributed by atoms with van der Waals surface area (Å²) in [5, 5.41) is 0. The maximum absolute atomic E-state index is 12.6. The first-order chi connectivity index (χ1) is 9.40. The lowest BCUT2D eigenvalue weighted by molar-refractivity contribution is -0.138. The number of hydrogen-bond donors (Lipinski definition) is 2. The van der Waals surface area contributed by atoms with E-state index in [0.717, 1.165) is 22.9 Å². The Morgan fingerprint density at radius 3 is 2.70 bits per heavy atom. The van der Waals surface area contributed by atoms with E-state index in [1.165, 1.54) is 6.20 Å². The number of rotatable bonds is 3. The van der Waals surface area contributed by atoms with Gasteiger partial charge >= 0.3 is 6.18 Å². The zero-order valence-corrected chi connectivity index (χ0v) is 10.2. The summed E-state index contributed by atoms with van der Waals surface area (Å²) < 4.78 is 38.8. The number of nitrogens with two attached hydrogens (primary N) is 1. The molecule has 0 aromatic carbocycles. The Balaban J connectivity index is 2.35. The number of aromatic nitrogens is 2. The molecule has 5 nitrogen and oxygen atoms in total. The van der Waals surface area contributed by atoms with Gasteiger partial charge < -0.3 is 9.99 Å². The number of alkyl halides is 3. The average molecular weight is 284 g/mol. The highest BCUT2D eigenvalue weighted by Gasteiger charge is 2.31. The molecule has 2 rings (SSSR count). The summed E-state index contributed by atoms with van der Waals surface area (Å²) in [6.07, 6.45) is -2.25. The predicted molar refractivity (Wildman–Crippen MR) is 66.9 cm³/mol. The fourth-order valence-electron chi connectivity index (χ4n) is 1.67. The number of hydrogen-bond acceptors (Lipinski definition) is 4.